The maximum Gasteiger partial charge on any atom is 1.00 e. The van der Waals surface area contributed by atoms with E-state index in [1.54, 1.807) is 0 Å². The van der Waals surface area contributed by atoms with Gasteiger partial charge in [0.15, 0.2) is 0 Å². The molecule has 74 valence electrons. The standard InChI is InChI=1S/C14H14.2Li.2H/c1-2-7-13(8-3-1)11-6-12-14-9-4-5-10-14;;;;/h1-9,11H,10,12H2;;;;/q;2*+1;2*-1. The maximum absolute atomic E-state index is 2.23. The first-order valence-corrected chi connectivity index (χ1v) is 5.01. The molecule has 0 saturated carbocycles. The van der Waals surface area contributed by atoms with Crippen LogP contribution in [0.4, 0.5) is 0 Å². The van der Waals surface area contributed by atoms with Gasteiger partial charge in [-0.3, -0.25) is 0 Å². The van der Waals surface area contributed by atoms with Gasteiger partial charge in [0, 0.05) is 0 Å². The van der Waals surface area contributed by atoms with E-state index >= 15 is 0 Å². The summed E-state index contributed by atoms with van der Waals surface area (Å²) in [5.41, 5.74) is 2.77. The molecule has 2 rings (SSSR count). The van der Waals surface area contributed by atoms with Gasteiger partial charge >= 0.3 is 37.7 Å². The van der Waals surface area contributed by atoms with Crippen LogP contribution >= 0.6 is 0 Å². The van der Waals surface area contributed by atoms with Crippen molar-refractivity contribution in [1.82, 2.24) is 0 Å². The molecule has 1 aliphatic rings. The van der Waals surface area contributed by atoms with Gasteiger partial charge in [0.25, 0.3) is 0 Å². The molecule has 0 unspecified atom stereocenters. The van der Waals surface area contributed by atoms with E-state index in [-0.39, 0.29) is 40.6 Å². The average molecular weight is 198 g/mol. The van der Waals surface area contributed by atoms with Crippen molar-refractivity contribution >= 4 is 6.08 Å². The van der Waals surface area contributed by atoms with Gasteiger partial charge in [0.1, 0.15) is 0 Å². The molecule has 1 aromatic rings. The van der Waals surface area contributed by atoms with Gasteiger partial charge in [0.05, 0.1) is 0 Å². The quantitative estimate of drug-likeness (QED) is 0.503. The molecular formula is C14H16Li2. The first kappa shape index (κ1) is 15.6. The fraction of sp³-hybridized carbons (Fsp3) is 0.143. The second kappa shape index (κ2) is 8.75. The first-order chi connectivity index (χ1) is 6.95. The predicted octanol–water partition coefficient (Wildman–Crippen LogP) is -1.79. The van der Waals surface area contributed by atoms with E-state index in [4.69, 9.17) is 0 Å². The summed E-state index contributed by atoms with van der Waals surface area (Å²) in [5, 5.41) is 0. The van der Waals surface area contributed by atoms with E-state index in [1.807, 2.05) is 6.07 Å². The largest absolute Gasteiger partial charge is 1.00 e. The van der Waals surface area contributed by atoms with E-state index < -0.39 is 0 Å². The summed E-state index contributed by atoms with van der Waals surface area (Å²) in [6.45, 7) is 0. The van der Waals surface area contributed by atoms with E-state index in [2.05, 4.69) is 54.6 Å². The summed E-state index contributed by atoms with van der Waals surface area (Å²) >= 11 is 0. The Kier molecular flexibility index (Phi) is 8.55. The molecule has 0 saturated heterocycles. The van der Waals surface area contributed by atoms with Crippen molar-refractivity contribution in [2.24, 2.45) is 0 Å². The topological polar surface area (TPSA) is 0 Å². The van der Waals surface area contributed by atoms with Gasteiger partial charge in [-0.05, 0) is 18.4 Å². The summed E-state index contributed by atoms with van der Waals surface area (Å²) in [6.07, 6.45) is 13.1. The van der Waals surface area contributed by atoms with Crippen molar-refractivity contribution in [3.63, 3.8) is 0 Å². The van der Waals surface area contributed by atoms with Gasteiger partial charge in [-0.1, -0.05) is 66.3 Å². The molecule has 16 heavy (non-hydrogen) atoms. The molecule has 1 aromatic carbocycles. The average Bonchev–Trinajstić information content (AvgIpc) is 2.72. The molecule has 1 aliphatic carbocycles. The van der Waals surface area contributed by atoms with Crippen LogP contribution in [-0.4, -0.2) is 0 Å². The monoisotopic (exact) mass is 198 g/mol. The molecule has 0 nitrogen and oxygen atoms in total. The second-order valence-electron chi connectivity index (χ2n) is 3.47. The minimum Gasteiger partial charge on any atom is -1.00 e. The van der Waals surface area contributed by atoms with Crippen molar-refractivity contribution in [3.05, 3.63) is 65.8 Å². The zero-order chi connectivity index (χ0) is 9.64. The van der Waals surface area contributed by atoms with Crippen LogP contribution in [0, 0.1) is 0 Å². The Morgan fingerprint density at radius 2 is 1.88 bits per heavy atom. The van der Waals surface area contributed by atoms with Gasteiger partial charge in [-0.2, -0.15) is 0 Å². The fourth-order valence-electron chi connectivity index (χ4n) is 1.55. The first-order valence-electron chi connectivity index (χ1n) is 5.01. The maximum atomic E-state index is 2.23. The third kappa shape index (κ3) is 5.11. The Bertz CT molecular complexity index is 384. The Labute approximate surface area is 125 Å². The van der Waals surface area contributed by atoms with Crippen molar-refractivity contribution in [2.45, 2.75) is 12.8 Å². The van der Waals surface area contributed by atoms with Crippen molar-refractivity contribution in [3.8, 4) is 0 Å². The van der Waals surface area contributed by atoms with E-state index in [1.165, 1.54) is 11.1 Å². The van der Waals surface area contributed by atoms with Crippen LogP contribution < -0.4 is 37.7 Å². The summed E-state index contributed by atoms with van der Waals surface area (Å²) in [7, 11) is 0. The Morgan fingerprint density at radius 1 is 1.12 bits per heavy atom. The zero-order valence-corrected chi connectivity index (χ0v) is 10.2. The number of benzene rings is 1. The van der Waals surface area contributed by atoms with E-state index in [0.717, 1.165) is 12.8 Å². The van der Waals surface area contributed by atoms with Crippen LogP contribution in [0.3, 0.4) is 0 Å². The van der Waals surface area contributed by atoms with E-state index in [0.29, 0.717) is 0 Å². The molecular weight excluding hydrogens is 182 g/mol. The Morgan fingerprint density at radius 3 is 2.50 bits per heavy atom. The number of allylic oxidation sites excluding steroid dienone is 5. The third-order valence-corrected chi connectivity index (χ3v) is 2.34. The normalized spacial score (nSPS) is 13.1. The Hall–Kier alpha value is -0.365. The van der Waals surface area contributed by atoms with Gasteiger partial charge in [0.2, 0.25) is 0 Å². The summed E-state index contributed by atoms with van der Waals surface area (Å²) in [6, 6.07) is 10.4. The third-order valence-electron chi connectivity index (χ3n) is 2.34. The predicted molar refractivity (Wildman–Crippen MR) is 64.2 cm³/mol. The summed E-state index contributed by atoms with van der Waals surface area (Å²) in [5.74, 6) is 0. The van der Waals surface area contributed by atoms with Gasteiger partial charge in [-0.15, -0.1) is 0 Å². The number of hydrogen-bond acceptors (Lipinski definition) is 0. The van der Waals surface area contributed by atoms with Gasteiger partial charge in [-0.25, -0.2) is 0 Å². The van der Waals surface area contributed by atoms with Gasteiger partial charge < -0.3 is 2.85 Å². The molecule has 0 spiro atoms. The van der Waals surface area contributed by atoms with Crippen molar-refractivity contribution < 1.29 is 40.6 Å². The fourth-order valence-corrected chi connectivity index (χ4v) is 1.55. The van der Waals surface area contributed by atoms with Crippen molar-refractivity contribution in [2.75, 3.05) is 0 Å². The molecule has 0 radical (unpaired) electrons. The Balaban J connectivity index is -0.000000562. The molecule has 0 amide bonds. The van der Waals surface area contributed by atoms with Crippen LogP contribution in [0.1, 0.15) is 21.3 Å². The van der Waals surface area contributed by atoms with Crippen molar-refractivity contribution in [1.29, 1.82) is 0 Å². The van der Waals surface area contributed by atoms with Crippen LogP contribution in [0.2, 0.25) is 0 Å². The smallest absolute Gasteiger partial charge is 1.00 e. The minimum atomic E-state index is 0. The molecule has 0 N–H and O–H groups in total. The molecule has 0 aromatic heterocycles. The molecule has 0 atom stereocenters. The minimum absolute atomic E-state index is 0. The summed E-state index contributed by atoms with van der Waals surface area (Å²) < 4.78 is 0. The zero-order valence-electron chi connectivity index (χ0n) is 12.2. The number of hydrogen-bond donors (Lipinski definition) is 0. The van der Waals surface area contributed by atoms with Crippen LogP contribution in [0.25, 0.3) is 6.08 Å². The molecule has 0 bridgehead atoms. The van der Waals surface area contributed by atoms with Crippen LogP contribution in [-0.2, 0) is 0 Å². The molecule has 0 aliphatic heterocycles. The van der Waals surface area contributed by atoms with Crippen LogP contribution in [0.5, 0.6) is 0 Å². The molecule has 0 fully saturated rings. The molecule has 0 heterocycles. The number of rotatable bonds is 3. The SMILES string of the molecule is C1=CCC(CC=Cc2ccccc2)=C1.[H-].[H-].[Li+].[Li+]. The molecule has 2 heteroatoms. The summed E-state index contributed by atoms with van der Waals surface area (Å²) in [4.78, 5) is 0. The second-order valence-corrected chi connectivity index (χ2v) is 3.47. The van der Waals surface area contributed by atoms with E-state index in [9.17, 15) is 0 Å². The van der Waals surface area contributed by atoms with Crippen LogP contribution in [0.15, 0.2) is 60.2 Å².